The molecule has 1 saturated heterocycles. The van der Waals surface area contributed by atoms with E-state index in [0.29, 0.717) is 0 Å². The van der Waals surface area contributed by atoms with E-state index in [1.54, 1.807) is 0 Å². The molecule has 1 aliphatic rings. The summed E-state index contributed by atoms with van der Waals surface area (Å²) in [5.74, 6) is 0.160. The van der Waals surface area contributed by atoms with Gasteiger partial charge in [0, 0.05) is 36.8 Å². The first-order valence-electron chi connectivity index (χ1n) is 9.01. The van der Waals surface area contributed by atoms with E-state index in [1.807, 2.05) is 35.2 Å². The molecule has 0 unspecified atom stereocenters. The van der Waals surface area contributed by atoms with E-state index in [1.165, 1.54) is 5.56 Å². The molecule has 0 spiro atoms. The lowest BCUT2D eigenvalue weighted by molar-refractivity contribution is 0.0793. The van der Waals surface area contributed by atoms with Crippen molar-refractivity contribution in [1.82, 2.24) is 9.80 Å². The van der Waals surface area contributed by atoms with Gasteiger partial charge >= 0.3 is 0 Å². The molecule has 1 amide bonds. The topological polar surface area (TPSA) is 23.6 Å². The van der Waals surface area contributed by atoms with E-state index < -0.39 is 0 Å². The van der Waals surface area contributed by atoms with E-state index in [4.69, 9.17) is 11.6 Å². The van der Waals surface area contributed by atoms with Crippen molar-refractivity contribution in [3.8, 4) is 0 Å². The quantitative estimate of drug-likeness (QED) is 0.755. The Hall–Kier alpha value is -1.84. The Bertz CT molecular complexity index is 708. The summed E-state index contributed by atoms with van der Waals surface area (Å²) < 4.78 is 0. The Morgan fingerprint density at radius 2 is 1.72 bits per heavy atom. The number of likely N-dealkylation sites (tertiary alicyclic amines) is 1. The average Bonchev–Trinajstić information content (AvgIpc) is 3.17. The Labute approximate surface area is 155 Å². The first-order chi connectivity index (χ1) is 12.2. The summed E-state index contributed by atoms with van der Waals surface area (Å²) >= 11 is 6.28. The lowest BCUT2D eigenvalue weighted by Crippen LogP contribution is -2.27. The normalized spacial score (nSPS) is 14.3. The highest BCUT2D eigenvalue weighted by Crippen LogP contribution is 2.19. The van der Waals surface area contributed by atoms with Gasteiger partial charge in [-0.25, -0.2) is 0 Å². The summed E-state index contributed by atoms with van der Waals surface area (Å²) in [5.41, 5.74) is 3.15. The molecule has 132 valence electrons. The van der Waals surface area contributed by atoms with Gasteiger partial charge in [0.2, 0.25) is 0 Å². The SMILES string of the molecule is CCN(Cc1ccc(C(=O)N2CCCC2)cc1)Cc1ccccc1Cl. The average molecular weight is 357 g/mol. The van der Waals surface area contributed by atoms with Crippen molar-refractivity contribution in [1.29, 1.82) is 0 Å². The second kappa shape index (κ2) is 8.50. The highest BCUT2D eigenvalue weighted by Gasteiger charge is 2.19. The number of benzene rings is 2. The van der Waals surface area contributed by atoms with Crippen molar-refractivity contribution >= 4 is 17.5 Å². The minimum atomic E-state index is 0.160. The fourth-order valence-corrected chi connectivity index (χ4v) is 3.46. The van der Waals surface area contributed by atoms with Crippen LogP contribution in [0.2, 0.25) is 5.02 Å². The van der Waals surface area contributed by atoms with Crippen molar-refractivity contribution in [2.45, 2.75) is 32.9 Å². The van der Waals surface area contributed by atoms with E-state index >= 15 is 0 Å². The van der Waals surface area contributed by atoms with Crippen LogP contribution in [0.3, 0.4) is 0 Å². The maximum atomic E-state index is 12.4. The summed E-state index contributed by atoms with van der Waals surface area (Å²) in [6.45, 7) is 6.55. The zero-order chi connectivity index (χ0) is 17.6. The van der Waals surface area contributed by atoms with Gasteiger partial charge in [0.25, 0.3) is 5.91 Å². The molecular weight excluding hydrogens is 332 g/mol. The molecule has 25 heavy (non-hydrogen) atoms. The van der Waals surface area contributed by atoms with Crippen LogP contribution in [-0.2, 0) is 13.1 Å². The van der Waals surface area contributed by atoms with Crippen molar-refractivity contribution in [3.05, 3.63) is 70.2 Å². The molecule has 1 fully saturated rings. The Kier molecular flexibility index (Phi) is 6.11. The number of amides is 1. The zero-order valence-corrected chi connectivity index (χ0v) is 15.5. The van der Waals surface area contributed by atoms with Crippen LogP contribution in [0.4, 0.5) is 0 Å². The number of rotatable bonds is 6. The van der Waals surface area contributed by atoms with Gasteiger partial charge < -0.3 is 4.90 Å². The largest absolute Gasteiger partial charge is 0.339 e. The van der Waals surface area contributed by atoms with Gasteiger partial charge in [0.1, 0.15) is 0 Å². The predicted molar refractivity (Wildman–Crippen MR) is 103 cm³/mol. The van der Waals surface area contributed by atoms with E-state index in [-0.39, 0.29) is 5.91 Å². The molecule has 0 aliphatic carbocycles. The molecule has 0 N–H and O–H groups in total. The number of hydrogen-bond acceptors (Lipinski definition) is 2. The summed E-state index contributed by atoms with van der Waals surface area (Å²) in [5, 5.41) is 0.813. The lowest BCUT2D eigenvalue weighted by Gasteiger charge is -2.21. The van der Waals surface area contributed by atoms with E-state index in [0.717, 1.165) is 61.7 Å². The Morgan fingerprint density at radius 3 is 2.36 bits per heavy atom. The first kappa shape index (κ1) is 18.0. The molecule has 3 nitrogen and oxygen atoms in total. The van der Waals surface area contributed by atoms with Crippen LogP contribution in [0.15, 0.2) is 48.5 Å². The van der Waals surface area contributed by atoms with Crippen molar-refractivity contribution < 1.29 is 4.79 Å². The standard InChI is InChI=1S/C21H25ClN2O/c1-2-23(16-19-7-3-4-8-20(19)22)15-17-9-11-18(12-10-17)21(25)24-13-5-6-14-24/h3-4,7-12H,2,5-6,13-16H2,1H3. The molecule has 0 saturated carbocycles. The first-order valence-corrected chi connectivity index (χ1v) is 9.39. The van der Waals surface area contributed by atoms with Crippen molar-refractivity contribution in [2.24, 2.45) is 0 Å². The minimum Gasteiger partial charge on any atom is -0.339 e. The van der Waals surface area contributed by atoms with Crippen LogP contribution in [-0.4, -0.2) is 35.3 Å². The summed E-state index contributed by atoms with van der Waals surface area (Å²) in [6, 6.07) is 16.0. The van der Waals surface area contributed by atoms with Crippen LogP contribution >= 0.6 is 11.6 Å². The molecule has 1 heterocycles. The van der Waals surface area contributed by atoms with Gasteiger partial charge in [-0.2, -0.15) is 0 Å². The fraction of sp³-hybridized carbons (Fsp3) is 0.381. The summed E-state index contributed by atoms with van der Waals surface area (Å²) in [4.78, 5) is 16.7. The van der Waals surface area contributed by atoms with Crippen LogP contribution in [0.5, 0.6) is 0 Å². The number of halogens is 1. The zero-order valence-electron chi connectivity index (χ0n) is 14.7. The molecule has 2 aromatic rings. The monoisotopic (exact) mass is 356 g/mol. The van der Waals surface area contributed by atoms with Crippen molar-refractivity contribution in [3.63, 3.8) is 0 Å². The van der Waals surface area contributed by atoms with Gasteiger partial charge in [0.15, 0.2) is 0 Å². The highest BCUT2D eigenvalue weighted by molar-refractivity contribution is 6.31. The van der Waals surface area contributed by atoms with Gasteiger partial charge in [0.05, 0.1) is 0 Å². The second-order valence-corrected chi connectivity index (χ2v) is 7.00. The number of nitrogens with zero attached hydrogens (tertiary/aromatic N) is 2. The van der Waals surface area contributed by atoms with Crippen LogP contribution in [0, 0.1) is 0 Å². The molecule has 1 aliphatic heterocycles. The maximum absolute atomic E-state index is 12.4. The molecule has 2 aromatic carbocycles. The minimum absolute atomic E-state index is 0.160. The third kappa shape index (κ3) is 4.62. The molecule has 0 radical (unpaired) electrons. The molecule has 0 atom stereocenters. The fourth-order valence-electron chi connectivity index (χ4n) is 3.26. The third-order valence-corrected chi connectivity index (χ3v) is 5.17. The molecular formula is C21H25ClN2O. The highest BCUT2D eigenvalue weighted by atomic mass is 35.5. The number of carbonyl (C=O) groups excluding carboxylic acids is 1. The van der Waals surface area contributed by atoms with E-state index in [9.17, 15) is 4.79 Å². The molecule has 3 rings (SSSR count). The predicted octanol–water partition coefficient (Wildman–Crippen LogP) is 4.60. The Balaban J connectivity index is 1.63. The van der Waals surface area contributed by atoms with Crippen molar-refractivity contribution in [2.75, 3.05) is 19.6 Å². The van der Waals surface area contributed by atoms with E-state index in [2.05, 4.69) is 30.0 Å². The van der Waals surface area contributed by atoms with Crippen LogP contribution < -0.4 is 0 Å². The molecule has 4 heteroatoms. The summed E-state index contributed by atoms with van der Waals surface area (Å²) in [7, 11) is 0. The number of hydrogen-bond donors (Lipinski definition) is 0. The third-order valence-electron chi connectivity index (χ3n) is 4.80. The van der Waals surface area contributed by atoms with Crippen LogP contribution in [0.25, 0.3) is 0 Å². The van der Waals surface area contributed by atoms with Gasteiger partial charge in [-0.3, -0.25) is 9.69 Å². The van der Waals surface area contributed by atoms with Gasteiger partial charge in [-0.05, 0) is 48.7 Å². The second-order valence-electron chi connectivity index (χ2n) is 6.59. The molecule has 0 aromatic heterocycles. The summed E-state index contributed by atoms with van der Waals surface area (Å²) in [6.07, 6.45) is 2.24. The molecule has 0 bridgehead atoms. The Morgan fingerprint density at radius 1 is 1.04 bits per heavy atom. The smallest absolute Gasteiger partial charge is 0.253 e. The van der Waals surface area contributed by atoms with Gasteiger partial charge in [-0.1, -0.05) is 48.9 Å². The van der Waals surface area contributed by atoms with Crippen LogP contribution in [0.1, 0.15) is 41.3 Å². The number of carbonyl (C=O) groups is 1. The van der Waals surface area contributed by atoms with Gasteiger partial charge in [-0.15, -0.1) is 0 Å². The lowest BCUT2D eigenvalue weighted by atomic mass is 10.1. The maximum Gasteiger partial charge on any atom is 0.253 e.